The van der Waals surface area contributed by atoms with Crippen molar-refractivity contribution in [2.24, 2.45) is 0 Å². The van der Waals surface area contributed by atoms with Crippen molar-refractivity contribution in [2.75, 3.05) is 11.6 Å². The first-order valence-corrected chi connectivity index (χ1v) is 8.04. The van der Waals surface area contributed by atoms with Crippen LogP contribution < -0.4 is 5.32 Å². The van der Waals surface area contributed by atoms with Gasteiger partial charge in [-0.15, -0.1) is 11.8 Å². The first-order chi connectivity index (χ1) is 10.8. The lowest BCUT2D eigenvalue weighted by Gasteiger charge is -2.09. The zero-order valence-electron chi connectivity index (χ0n) is 12.0. The number of fused-ring (bicyclic) bond motifs is 1. The molecule has 0 amide bonds. The topological polar surface area (TPSA) is 57.8 Å². The van der Waals surface area contributed by atoms with Crippen LogP contribution >= 0.6 is 11.8 Å². The fraction of sp³-hybridized carbons (Fsp3) is 0.0588. The van der Waals surface area contributed by atoms with Crippen LogP contribution in [0, 0.1) is 0 Å². The minimum Gasteiger partial charge on any atom is -0.348 e. The lowest BCUT2D eigenvalue weighted by atomic mass is 10.1. The van der Waals surface area contributed by atoms with Crippen LogP contribution in [0.15, 0.2) is 65.8 Å². The van der Waals surface area contributed by atoms with Crippen molar-refractivity contribution in [2.45, 2.75) is 0 Å². The number of ketones is 1. The number of anilines is 1. The maximum atomic E-state index is 12.3. The van der Waals surface area contributed by atoms with E-state index in [9.17, 15) is 4.79 Å². The molecular formula is C17H15N3OS. The highest BCUT2D eigenvalue weighted by Gasteiger charge is 2.07. The Morgan fingerprint density at radius 3 is 2.77 bits per heavy atom. The summed E-state index contributed by atoms with van der Waals surface area (Å²) in [5.74, 6) is -0.0192. The standard InChI is InChI=1S/C17H15N3OS/c1-22-16(10-15(21)12-6-3-2-4-7-12)19-14-9-5-8-13-11-18-20-17(13)14/h2-11,19H,1H3,(H,18,20)/b16-10-. The Morgan fingerprint density at radius 2 is 2.00 bits per heavy atom. The van der Waals surface area contributed by atoms with Crippen LogP contribution in [-0.4, -0.2) is 22.2 Å². The number of H-pyrrole nitrogens is 1. The highest BCUT2D eigenvalue weighted by Crippen LogP contribution is 2.24. The Morgan fingerprint density at radius 1 is 1.18 bits per heavy atom. The summed E-state index contributed by atoms with van der Waals surface area (Å²) in [6.45, 7) is 0. The molecule has 0 saturated heterocycles. The monoisotopic (exact) mass is 309 g/mol. The van der Waals surface area contributed by atoms with Crippen LogP contribution in [0.3, 0.4) is 0 Å². The van der Waals surface area contributed by atoms with Crippen LogP contribution in [0.5, 0.6) is 0 Å². The molecular weight excluding hydrogens is 294 g/mol. The van der Waals surface area contributed by atoms with E-state index in [0.29, 0.717) is 5.56 Å². The molecule has 0 spiro atoms. The number of hydrogen-bond donors (Lipinski definition) is 2. The summed E-state index contributed by atoms with van der Waals surface area (Å²) in [4.78, 5) is 12.3. The molecule has 5 heteroatoms. The highest BCUT2D eigenvalue weighted by atomic mass is 32.2. The third-order valence-electron chi connectivity index (χ3n) is 3.27. The van der Waals surface area contributed by atoms with Gasteiger partial charge in [-0.05, 0) is 12.3 Å². The van der Waals surface area contributed by atoms with Gasteiger partial charge in [0, 0.05) is 17.0 Å². The quantitative estimate of drug-likeness (QED) is 0.551. The SMILES string of the molecule is CS/C(=C\C(=O)c1ccccc1)Nc1cccc2cn[nH]c12. The van der Waals surface area contributed by atoms with Gasteiger partial charge < -0.3 is 5.32 Å². The van der Waals surface area contributed by atoms with Crippen molar-refractivity contribution in [3.63, 3.8) is 0 Å². The Kier molecular flexibility index (Phi) is 4.25. The normalized spacial score (nSPS) is 11.6. The van der Waals surface area contributed by atoms with E-state index in [2.05, 4.69) is 15.5 Å². The molecule has 3 aromatic rings. The van der Waals surface area contributed by atoms with Crippen molar-refractivity contribution in [3.05, 3.63) is 71.4 Å². The Balaban J connectivity index is 1.87. The Hall–Kier alpha value is -2.53. The first-order valence-electron chi connectivity index (χ1n) is 6.82. The molecule has 0 saturated carbocycles. The summed E-state index contributed by atoms with van der Waals surface area (Å²) in [5, 5.41) is 12.1. The Labute approximate surface area is 132 Å². The van der Waals surface area contributed by atoms with E-state index in [-0.39, 0.29) is 5.78 Å². The van der Waals surface area contributed by atoms with Gasteiger partial charge in [0.05, 0.1) is 22.4 Å². The van der Waals surface area contributed by atoms with Gasteiger partial charge in [-0.2, -0.15) is 5.10 Å². The summed E-state index contributed by atoms with van der Waals surface area (Å²) < 4.78 is 0. The van der Waals surface area contributed by atoms with Crippen LogP contribution in [-0.2, 0) is 0 Å². The molecule has 0 aliphatic heterocycles. The fourth-order valence-electron chi connectivity index (χ4n) is 2.16. The average Bonchev–Trinajstić information content (AvgIpc) is 3.04. The van der Waals surface area contributed by atoms with Gasteiger partial charge in [0.2, 0.25) is 0 Å². The number of thioether (sulfide) groups is 1. The highest BCUT2D eigenvalue weighted by molar-refractivity contribution is 8.02. The number of aromatic nitrogens is 2. The molecule has 0 atom stereocenters. The molecule has 0 aliphatic carbocycles. The summed E-state index contributed by atoms with van der Waals surface area (Å²) >= 11 is 1.49. The Bertz CT molecular complexity index is 824. The molecule has 0 bridgehead atoms. The molecule has 0 unspecified atom stereocenters. The van der Waals surface area contributed by atoms with Crippen LogP contribution in [0.2, 0.25) is 0 Å². The number of allylic oxidation sites excluding steroid dienone is 1. The van der Waals surface area contributed by atoms with Gasteiger partial charge >= 0.3 is 0 Å². The van der Waals surface area contributed by atoms with E-state index in [4.69, 9.17) is 0 Å². The first kappa shape index (κ1) is 14.4. The maximum Gasteiger partial charge on any atom is 0.188 e. The van der Waals surface area contributed by atoms with E-state index in [1.807, 2.05) is 54.8 Å². The molecule has 0 aliphatic rings. The molecule has 1 heterocycles. The number of hydrogen-bond acceptors (Lipinski definition) is 4. The second-order valence-electron chi connectivity index (χ2n) is 4.71. The fourth-order valence-corrected chi connectivity index (χ4v) is 2.59. The van der Waals surface area contributed by atoms with Crippen LogP contribution in [0.1, 0.15) is 10.4 Å². The lowest BCUT2D eigenvalue weighted by molar-refractivity contribution is 0.104. The summed E-state index contributed by atoms with van der Waals surface area (Å²) in [6, 6.07) is 15.1. The number of carbonyl (C=O) groups excluding carboxylic acids is 1. The number of para-hydroxylation sites is 1. The second kappa shape index (κ2) is 6.49. The van der Waals surface area contributed by atoms with Gasteiger partial charge in [0.15, 0.2) is 5.78 Å². The van der Waals surface area contributed by atoms with Crippen molar-refractivity contribution in [3.8, 4) is 0 Å². The predicted octanol–water partition coefficient (Wildman–Crippen LogP) is 4.06. The smallest absolute Gasteiger partial charge is 0.188 e. The van der Waals surface area contributed by atoms with Gasteiger partial charge in [-0.3, -0.25) is 9.89 Å². The zero-order chi connectivity index (χ0) is 15.4. The molecule has 2 N–H and O–H groups in total. The number of nitrogens with zero attached hydrogens (tertiary/aromatic N) is 1. The van der Waals surface area contributed by atoms with Gasteiger partial charge in [0.25, 0.3) is 0 Å². The van der Waals surface area contributed by atoms with Crippen LogP contribution in [0.4, 0.5) is 5.69 Å². The molecule has 2 aromatic carbocycles. The number of benzene rings is 2. The lowest BCUT2D eigenvalue weighted by Crippen LogP contribution is -2.01. The maximum absolute atomic E-state index is 12.3. The van der Waals surface area contributed by atoms with Gasteiger partial charge in [0.1, 0.15) is 0 Å². The third-order valence-corrected chi connectivity index (χ3v) is 3.93. The summed E-state index contributed by atoms with van der Waals surface area (Å²) in [7, 11) is 0. The van der Waals surface area contributed by atoms with Crippen molar-refractivity contribution < 1.29 is 4.79 Å². The third kappa shape index (κ3) is 3.04. The van der Waals surface area contributed by atoms with E-state index >= 15 is 0 Å². The minimum atomic E-state index is -0.0192. The van der Waals surface area contributed by atoms with Crippen molar-refractivity contribution in [1.82, 2.24) is 10.2 Å². The number of aromatic amines is 1. The molecule has 110 valence electrons. The molecule has 3 rings (SSSR count). The molecule has 0 fully saturated rings. The second-order valence-corrected chi connectivity index (χ2v) is 5.56. The van der Waals surface area contributed by atoms with E-state index in [1.165, 1.54) is 11.8 Å². The average molecular weight is 309 g/mol. The van der Waals surface area contributed by atoms with E-state index in [0.717, 1.165) is 21.6 Å². The number of carbonyl (C=O) groups is 1. The summed E-state index contributed by atoms with van der Waals surface area (Å²) in [6.07, 6.45) is 5.33. The van der Waals surface area contributed by atoms with Crippen molar-refractivity contribution >= 4 is 34.1 Å². The number of rotatable bonds is 5. The van der Waals surface area contributed by atoms with Gasteiger partial charge in [-0.1, -0.05) is 42.5 Å². The van der Waals surface area contributed by atoms with E-state index < -0.39 is 0 Å². The van der Waals surface area contributed by atoms with Gasteiger partial charge in [-0.25, -0.2) is 0 Å². The largest absolute Gasteiger partial charge is 0.348 e. The minimum absolute atomic E-state index is 0.0192. The van der Waals surface area contributed by atoms with Crippen LogP contribution in [0.25, 0.3) is 10.9 Å². The van der Waals surface area contributed by atoms with Crippen molar-refractivity contribution in [1.29, 1.82) is 0 Å². The van der Waals surface area contributed by atoms with E-state index in [1.54, 1.807) is 12.3 Å². The zero-order valence-corrected chi connectivity index (χ0v) is 12.9. The molecule has 22 heavy (non-hydrogen) atoms. The number of nitrogens with one attached hydrogen (secondary N) is 2. The molecule has 4 nitrogen and oxygen atoms in total. The summed E-state index contributed by atoms with van der Waals surface area (Å²) in [5.41, 5.74) is 2.50. The predicted molar refractivity (Wildman–Crippen MR) is 92.1 cm³/mol. The molecule has 0 radical (unpaired) electrons. The molecule has 1 aromatic heterocycles.